The molecule has 1 heterocycles. The van der Waals surface area contributed by atoms with Crippen LogP contribution in [-0.2, 0) is 16.6 Å². The Morgan fingerprint density at radius 1 is 1.04 bits per heavy atom. The highest BCUT2D eigenvalue weighted by Crippen LogP contribution is 2.26. The summed E-state index contributed by atoms with van der Waals surface area (Å²) in [6, 6.07) is 18.3. The number of anilines is 2. The number of rotatable bonds is 7. The van der Waals surface area contributed by atoms with Gasteiger partial charge in [-0.15, -0.1) is 10.2 Å². The van der Waals surface area contributed by atoms with Gasteiger partial charge in [-0.05, 0) is 42.3 Å². The average Bonchev–Trinajstić information content (AvgIpc) is 2.69. The standard InChI is InChI=1S/C20H22N4O3S/c1-15-9-10-17(27-3)18(13-15)28(25,26)23-19-11-12-20(22-21-19)24(2)14-16-7-5-4-6-8-16/h4-13H,14H2,1-3H3,(H,21,23). The fourth-order valence-electron chi connectivity index (χ4n) is 2.71. The van der Waals surface area contributed by atoms with E-state index < -0.39 is 10.0 Å². The predicted octanol–water partition coefficient (Wildman–Crippen LogP) is 3.23. The Morgan fingerprint density at radius 2 is 1.79 bits per heavy atom. The second-order valence-corrected chi connectivity index (χ2v) is 8.03. The molecule has 2 aromatic carbocycles. The van der Waals surface area contributed by atoms with Crippen molar-refractivity contribution in [2.75, 3.05) is 23.8 Å². The second kappa shape index (κ2) is 8.26. The van der Waals surface area contributed by atoms with E-state index in [-0.39, 0.29) is 16.5 Å². The molecule has 0 aliphatic carbocycles. The van der Waals surface area contributed by atoms with E-state index in [9.17, 15) is 8.42 Å². The van der Waals surface area contributed by atoms with Gasteiger partial charge in [-0.25, -0.2) is 8.42 Å². The quantitative estimate of drug-likeness (QED) is 0.658. The Hall–Kier alpha value is -3.13. The number of hydrogen-bond donors (Lipinski definition) is 1. The lowest BCUT2D eigenvalue weighted by Crippen LogP contribution is -2.19. The van der Waals surface area contributed by atoms with Crippen molar-refractivity contribution in [3.63, 3.8) is 0 Å². The van der Waals surface area contributed by atoms with Crippen molar-refractivity contribution in [3.8, 4) is 5.75 Å². The Morgan fingerprint density at radius 3 is 2.43 bits per heavy atom. The molecule has 0 spiro atoms. The first kappa shape index (κ1) is 19.6. The van der Waals surface area contributed by atoms with E-state index in [2.05, 4.69) is 14.9 Å². The number of nitrogens with one attached hydrogen (secondary N) is 1. The zero-order chi connectivity index (χ0) is 20.1. The predicted molar refractivity (Wildman–Crippen MR) is 109 cm³/mol. The average molecular weight is 398 g/mol. The second-order valence-electron chi connectivity index (χ2n) is 6.38. The van der Waals surface area contributed by atoms with Gasteiger partial charge in [0.1, 0.15) is 10.6 Å². The number of methoxy groups -OCH3 is 1. The molecular formula is C20H22N4O3S. The molecule has 0 saturated carbocycles. The summed E-state index contributed by atoms with van der Waals surface area (Å²) in [6.45, 7) is 2.48. The monoisotopic (exact) mass is 398 g/mol. The smallest absolute Gasteiger partial charge is 0.266 e. The minimum atomic E-state index is -3.85. The lowest BCUT2D eigenvalue weighted by atomic mass is 10.2. The Bertz CT molecular complexity index is 1040. The van der Waals surface area contributed by atoms with Gasteiger partial charge in [0.15, 0.2) is 11.6 Å². The van der Waals surface area contributed by atoms with Crippen molar-refractivity contribution >= 4 is 21.7 Å². The summed E-state index contributed by atoms with van der Waals surface area (Å²) in [6.07, 6.45) is 0. The van der Waals surface area contributed by atoms with Crippen LogP contribution in [0.3, 0.4) is 0 Å². The molecule has 0 bridgehead atoms. The van der Waals surface area contributed by atoms with Crippen LogP contribution in [0.2, 0.25) is 0 Å². The fraction of sp³-hybridized carbons (Fsp3) is 0.200. The molecule has 0 unspecified atom stereocenters. The van der Waals surface area contributed by atoms with Crippen LogP contribution in [-0.4, -0.2) is 32.8 Å². The number of sulfonamides is 1. The third kappa shape index (κ3) is 4.58. The van der Waals surface area contributed by atoms with E-state index in [0.717, 1.165) is 11.1 Å². The molecular weight excluding hydrogens is 376 g/mol. The molecule has 1 N–H and O–H groups in total. The lowest BCUT2D eigenvalue weighted by Gasteiger charge is -2.18. The maximum atomic E-state index is 12.7. The van der Waals surface area contributed by atoms with Gasteiger partial charge in [-0.1, -0.05) is 36.4 Å². The van der Waals surface area contributed by atoms with Crippen LogP contribution in [0.25, 0.3) is 0 Å². The number of hydrogen-bond acceptors (Lipinski definition) is 6. The van der Waals surface area contributed by atoms with Gasteiger partial charge in [0, 0.05) is 13.6 Å². The Kier molecular flexibility index (Phi) is 5.79. The zero-order valence-corrected chi connectivity index (χ0v) is 16.8. The summed E-state index contributed by atoms with van der Waals surface area (Å²) >= 11 is 0. The zero-order valence-electron chi connectivity index (χ0n) is 16.0. The maximum Gasteiger partial charge on any atom is 0.266 e. The molecule has 0 aliphatic heterocycles. The molecule has 0 fully saturated rings. The normalized spacial score (nSPS) is 11.1. The van der Waals surface area contributed by atoms with Gasteiger partial charge in [-0.2, -0.15) is 0 Å². The molecule has 146 valence electrons. The van der Waals surface area contributed by atoms with E-state index in [1.54, 1.807) is 30.3 Å². The van der Waals surface area contributed by atoms with Gasteiger partial charge >= 0.3 is 0 Å². The summed E-state index contributed by atoms with van der Waals surface area (Å²) < 4.78 is 33.1. The summed E-state index contributed by atoms with van der Waals surface area (Å²) in [5, 5.41) is 8.14. The van der Waals surface area contributed by atoms with Crippen molar-refractivity contribution in [3.05, 3.63) is 71.8 Å². The molecule has 0 amide bonds. The van der Waals surface area contributed by atoms with E-state index in [1.165, 1.54) is 7.11 Å². The number of ether oxygens (including phenoxy) is 1. The Labute approximate surface area is 165 Å². The van der Waals surface area contributed by atoms with E-state index in [4.69, 9.17) is 4.74 Å². The van der Waals surface area contributed by atoms with E-state index in [1.807, 2.05) is 49.2 Å². The number of benzene rings is 2. The topological polar surface area (TPSA) is 84.4 Å². The van der Waals surface area contributed by atoms with Gasteiger partial charge in [-0.3, -0.25) is 4.72 Å². The molecule has 1 aromatic heterocycles. The molecule has 0 aliphatic rings. The number of aromatic nitrogens is 2. The molecule has 8 heteroatoms. The van der Waals surface area contributed by atoms with Crippen molar-refractivity contribution in [1.82, 2.24) is 10.2 Å². The molecule has 0 saturated heterocycles. The summed E-state index contributed by atoms with van der Waals surface area (Å²) in [7, 11) is -0.519. The first-order valence-electron chi connectivity index (χ1n) is 8.65. The van der Waals surface area contributed by atoms with E-state index >= 15 is 0 Å². The highest BCUT2D eigenvalue weighted by molar-refractivity contribution is 7.92. The van der Waals surface area contributed by atoms with Crippen LogP contribution in [0, 0.1) is 6.92 Å². The lowest BCUT2D eigenvalue weighted by molar-refractivity contribution is 0.402. The number of aryl methyl sites for hydroxylation is 1. The SMILES string of the molecule is COc1ccc(C)cc1S(=O)(=O)Nc1ccc(N(C)Cc2ccccc2)nn1. The number of nitrogens with zero attached hydrogens (tertiary/aromatic N) is 3. The van der Waals surface area contributed by atoms with Crippen molar-refractivity contribution in [2.24, 2.45) is 0 Å². The van der Waals surface area contributed by atoms with Crippen LogP contribution in [0.15, 0.2) is 65.6 Å². The van der Waals surface area contributed by atoms with Crippen LogP contribution in [0.1, 0.15) is 11.1 Å². The summed E-state index contributed by atoms with van der Waals surface area (Å²) in [5.41, 5.74) is 1.95. The molecule has 28 heavy (non-hydrogen) atoms. The van der Waals surface area contributed by atoms with Gasteiger partial charge in [0.05, 0.1) is 7.11 Å². The Balaban J connectivity index is 1.76. The van der Waals surface area contributed by atoms with Crippen LogP contribution >= 0.6 is 0 Å². The third-order valence-electron chi connectivity index (χ3n) is 4.15. The first-order chi connectivity index (χ1) is 13.4. The fourth-order valence-corrected chi connectivity index (χ4v) is 3.96. The van der Waals surface area contributed by atoms with Crippen LogP contribution < -0.4 is 14.4 Å². The molecule has 3 rings (SSSR count). The minimum Gasteiger partial charge on any atom is -0.495 e. The minimum absolute atomic E-state index is 0.0575. The molecule has 0 atom stereocenters. The first-order valence-corrected chi connectivity index (χ1v) is 10.1. The molecule has 3 aromatic rings. The van der Waals surface area contributed by atoms with Gasteiger partial charge < -0.3 is 9.64 Å². The van der Waals surface area contributed by atoms with Crippen LogP contribution in [0.4, 0.5) is 11.6 Å². The van der Waals surface area contributed by atoms with E-state index in [0.29, 0.717) is 12.4 Å². The third-order valence-corrected chi connectivity index (χ3v) is 5.53. The summed E-state index contributed by atoms with van der Waals surface area (Å²) in [5.74, 6) is 1.05. The van der Waals surface area contributed by atoms with Crippen molar-refractivity contribution < 1.29 is 13.2 Å². The molecule has 0 radical (unpaired) electrons. The largest absolute Gasteiger partial charge is 0.495 e. The van der Waals surface area contributed by atoms with Crippen molar-refractivity contribution in [1.29, 1.82) is 0 Å². The highest BCUT2D eigenvalue weighted by Gasteiger charge is 2.20. The van der Waals surface area contributed by atoms with Gasteiger partial charge in [0.2, 0.25) is 0 Å². The van der Waals surface area contributed by atoms with Crippen molar-refractivity contribution in [2.45, 2.75) is 18.4 Å². The molecule has 7 nitrogen and oxygen atoms in total. The highest BCUT2D eigenvalue weighted by atomic mass is 32.2. The van der Waals surface area contributed by atoms with Gasteiger partial charge in [0.25, 0.3) is 10.0 Å². The maximum absolute atomic E-state index is 12.7. The summed E-state index contributed by atoms with van der Waals surface area (Å²) in [4.78, 5) is 1.99. The van der Waals surface area contributed by atoms with Crippen LogP contribution in [0.5, 0.6) is 5.75 Å².